The summed E-state index contributed by atoms with van der Waals surface area (Å²) in [6.07, 6.45) is 16.7. The predicted molar refractivity (Wildman–Crippen MR) is 97.7 cm³/mol. The van der Waals surface area contributed by atoms with E-state index in [4.69, 9.17) is 0 Å². The highest BCUT2D eigenvalue weighted by Crippen LogP contribution is 2.09. The number of hydrogen-bond donors (Lipinski definition) is 0. The number of rotatable bonds is 15. The SMILES string of the molecule is CCCCCCCCN(CCCCCCCC)C(=O)C=NC. The molecule has 0 aromatic heterocycles. The molecule has 0 aliphatic carbocycles. The maximum Gasteiger partial charge on any atom is 0.264 e. The minimum absolute atomic E-state index is 0.0876. The van der Waals surface area contributed by atoms with Gasteiger partial charge in [0.1, 0.15) is 0 Å². The van der Waals surface area contributed by atoms with Gasteiger partial charge in [-0.25, -0.2) is 0 Å². The molecule has 0 aromatic carbocycles. The molecule has 3 nitrogen and oxygen atoms in total. The molecule has 22 heavy (non-hydrogen) atoms. The van der Waals surface area contributed by atoms with Crippen LogP contribution in [0.5, 0.6) is 0 Å². The van der Waals surface area contributed by atoms with Crippen molar-refractivity contribution in [1.82, 2.24) is 4.90 Å². The predicted octanol–water partition coefficient (Wildman–Crippen LogP) is 5.24. The maximum absolute atomic E-state index is 12.1. The van der Waals surface area contributed by atoms with E-state index in [1.807, 2.05) is 4.90 Å². The molecule has 1 amide bonds. The maximum atomic E-state index is 12.1. The third-order valence-corrected chi connectivity index (χ3v) is 4.11. The average Bonchev–Trinajstić information content (AvgIpc) is 2.52. The molecule has 130 valence electrons. The van der Waals surface area contributed by atoms with Gasteiger partial charge in [0.25, 0.3) is 5.91 Å². The van der Waals surface area contributed by atoms with Gasteiger partial charge in [-0.15, -0.1) is 0 Å². The Morgan fingerprint density at radius 2 is 1.18 bits per heavy atom. The zero-order valence-electron chi connectivity index (χ0n) is 15.3. The van der Waals surface area contributed by atoms with E-state index in [1.165, 1.54) is 70.4 Å². The highest BCUT2D eigenvalue weighted by molar-refractivity contribution is 6.26. The van der Waals surface area contributed by atoms with E-state index in [0.29, 0.717) is 0 Å². The van der Waals surface area contributed by atoms with Crippen LogP contribution in [0.2, 0.25) is 0 Å². The summed E-state index contributed by atoms with van der Waals surface area (Å²) in [5.41, 5.74) is 0. The van der Waals surface area contributed by atoms with Gasteiger partial charge in [0.05, 0.1) is 6.21 Å². The van der Waals surface area contributed by atoms with Crippen molar-refractivity contribution in [3.05, 3.63) is 0 Å². The molecule has 3 heteroatoms. The number of carbonyl (C=O) groups excluding carboxylic acids is 1. The highest BCUT2D eigenvalue weighted by Gasteiger charge is 2.10. The van der Waals surface area contributed by atoms with Crippen molar-refractivity contribution in [2.24, 2.45) is 4.99 Å². The second-order valence-corrected chi connectivity index (χ2v) is 6.25. The van der Waals surface area contributed by atoms with Crippen LogP contribution in [-0.2, 0) is 4.79 Å². The van der Waals surface area contributed by atoms with Crippen LogP contribution in [0.3, 0.4) is 0 Å². The molecule has 0 aliphatic rings. The zero-order valence-corrected chi connectivity index (χ0v) is 15.3. The first-order valence-electron chi connectivity index (χ1n) is 9.47. The van der Waals surface area contributed by atoms with Crippen molar-refractivity contribution in [3.63, 3.8) is 0 Å². The van der Waals surface area contributed by atoms with Crippen LogP contribution < -0.4 is 0 Å². The quantitative estimate of drug-likeness (QED) is 0.301. The molecular weight excluding hydrogens is 272 g/mol. The zero-order chi connectivity index (χ0) is 16.5. The first kappa shape index (κ1) is 21.1. The molecule has 0 bridgehead atoms. The van der Waals surface area contributed by atoms with Crippen LogP contribution in [0.4, 0.5) is 0 Å². The minimum Gasteiger partial charge on any atom is -0.338 e. The van der Waals surface area contributed by atoms with Crippen molar-refractivity contribution in [1.29, 1.82) is 0 Å². The highest BCUT2D eigenvalue weighted by atomic mass is 16.2. The van der Waals surface area contributed by atoms with Crippen molar-refractivity contribution >= 4 is 12.1 Å². The molecule has 0 radical (unpaired) electrons. The standard InChI is InChI=1S/C19H38N2O/c1-4-6-8-10-12-14-16-21(19(22)18-20-3)17-15-13-11-9-7-5-2/h18H,4-17H2,1-3H3. The molecule has 0 aromatic rings. The summed E-state index contributed by atoms with van der Waals surface area (Å²) in [5, 5.41) is 0. The molecule has 0 N–H and O–H groups in total. The summed E-state index contributed by atoms with van der Waals surface area (Å²) in [6, 6.07) is 0. The van der Waals surface area contributed by atoms with Crippen LogP contribution in [0.15, 0.2) is 4.99 Å². The fourth-order valence-corrected chi connectivity index (χ4v) is 2.69. The molecular formula is C19H38N2O. The van der Waals surface area contributed by atoms with Gasteiger partial charge in [-0.1, -0.05) is 78.1 Å². The van der Waals surface area contributed by atoms with Gasteiger partial charge in [0.2, 0.25) is 0 Å². The Hall–Kier alpha value is -0.860. The van der Waals surface area contributed by atoms with Gasteiger partial charge in [-0.05, 0) is 12.8 Å². The third-order valence-electron chi connectivity index (χ3n) is 4.11. The monoisotopic (exact) mass is 310 g/mol. The topological polar surface area (TPSA) is 32.7 Å². The minimum atomic E-state index is 0.0876. The second kappa shape index (κ2) is 16.5. The lowest BCUT2D eigenvalue weighted by Crippen LogP contribution is -2.33. The van der Waals surface area contributed by atoms with Gasteiger partial charge >= 0.3 is 0 Å². The summed E-state index contributed by atoms with van der Waals surface area (Å²) < 4.78 is 0. The molecule has 0 spiro atoms. The number of unbranched alkanes of at least 4 members (excludes halogenated alkanes) is 10. The summed E-state index contributed by atoms with van der Waals surface area (Å²) in [4.78, 5) is 17.9. The van der Waals surface area contributed by atoms with E-state index in [2.05, 4.69) is 18.8 Å². The largest absolute Gasteiger partial charge is 0.338 e. The third kappa shape index (κ3) is 12.8. The average molecular weight is 311 g/mol. The van der Waals surface area contributed by atoms with Crippen molar-refractivity contribution in [2.45, 2.75) is 90.9 Å². The van der Waals surface area contributed by atoms with Crippen molar-refractivity contribution in [3.8, 4) is 0 Å². The Balaban J connectivity index is 3.87. The molecule has 0 fully saturated rings. The lowest BCUT2D eigenvalue weighted by Gasteiger charge is -2.21. The second-order valence-electron chi connectivity index (χ2n) is 6.25. The Kier molecular flexibility index (Phi) is 15.9. The summed E-state index contributed by atoms with van der Waals surface area (Å²) in [5.74, 6) is 0.0876. The smallest absolute Gasteiger partial charge is 0.264 e. The van der Waals surface area contributed by atoms with Gasteiger partial charge < -0.3 is 4.90 Å². The fraction of sp³-hybridized carbons (Fsp3) is 0.895. The number of amides is 1. The lowest BCUT2D eigenvalue weighted by molar-refractivity contribution is -0.123. The van der Waals surface area contributed by atoms with E-state index in [9.17, 15) is 4.79 Å². The normalized spacial score (nSPS) is 11.2. The van der Waals surface area contributed by atoms with E-state index < -0.39 is 0 Å². The van der Waals surface area contributed by atoms with Crippen molar-refractivity contribution < 1.29 is 4.79 Å². The van der Waals surface area contributed by atoms with E-state index >= 15 is 0 Å². The Bertz CT molecular complexity index is 261. The number of nitrogens with zero attached hydrogens (tertiary/aromatic N) is 2. The van der Waals surface area contributed by atoms with Crippen LogP contribution in [0.1, 0.15) is 90.9 Å². The molecule has 0 atom stereocenters. The Morgan fingerprint density at radius 3 is 1.59 bits per heavy atom. The van der Waals surface area contributed by atoms with E-state index in [0.717, 1.165) is 25.9 Å². The lowest BCUT2D eigenvalue weighted by atomic mass is 10.1. The summed E-state index contributed by atoms with van der Waals surface area (Å²) in [6.45, 7) is 6.27. The number of hydrogen-bond acceptors (Lipinski definition) is 2. The van der Waals surface area contributed by atoms with Gasteiger partial charge in [0.15, 0.2) is 0 Å². The van der Waals surface area contributed by atoms with E-state index in [-0.39, 0.29) is 5.91 Å². The summed E-state index contributed by atoms with van der Waals surface area (Å²) >= 11 is 0. The Labute approximate surface area is 138 Å². The Morgan fingerprint density at radius 1 is 0.773 bits per heavy atom. The van der Waals surface area contributed by atoms with Crippen LogP contribution in [0, 0.1) is 0 Å². The van der Waals surface area contributed by atoms with E-state index in [1.54, 1.807) is 7.05 Å². The first-order chi connectivity index (χ1) is 10.8. The first-order valence-corrected chi connectivity index (χ1v) is 9.47. The fourth-order valence-electron chi connectivity index (χ4n) is 2.69. The van der Waals surface area contributed by atoms with Crippen LogP contribution >= 0.6 is 0 Å². The van der Waals surface area contributed by atoms with Crippen molar-refractivity contribution in [2.75, 3.05) is 20.1 Å². The van der Waals surface area contributed by atoms with Crippen LogP contribution in [0.25, 0.3) is 0 Å². The molecule has 0 heterocycles. The molecule has 0 rings (SSSR count). The van der Waals surface area contributed by atoms with Gasteiger partial charge in [-0.3, -0.25) is 9.79 Å². The molecule has 0 saturated heterocycles. The molecule has 0 saturated carbocycles. The number of aliphatic imine (C=N–C) groups is 1. The number of carbonyl (C=O) groups is 1. The molecule has 0 aliphatic heterocycles. The van der Waals surface area contributed by atoms with Crippen LogP contribution in [-0.4, -0.2) is 37.2 Å². The summed E-state index contributed by atoms with van der Waals surface area (Å²) in [7, 11) is 1.67. The van der Waals surface area contributed by atoms with Gasteiger partial charge in [0, 0.05) is 20.1 Å². The molecule has 0 unspecified atom stereocenters. The van der Waals surface area contributed by atoms with Gasteiger partial charge in [-0.2, -0.15) is 0 Å².